The van der Waals surface area contributed by atoms with Gasteiger partial charge in [0, 0.05) is 16.6 Å². The molecule has 1 aromatic rings. The van der Waals surface area contributed by atoms with E-state index in [2.05, 4.69) is 21.2 Å². The first-order valence-electron chi connectivity index (χ1n) is 7.73. The first-order chi connectivity index (χ1) is 11.2. The Bertz CT molecular complexity index is 594. The highest BCUT2D eigenvalue weighted by Crippen LogP contribution is 2.15. The molecule has 1 rings (SSSR count). The predicted molar refractivity (Wildman–Crippen MR) is 94.6 cm³/mol. The molecule has 0 aliphatic rings. The van der Waals surface area contributed by atoms with Crippen LogP contribution in [-0.4, -0.2) is 47.9 Å². The van der Waals surface area contributed by atoms with E-state index in [0.717, 1.165) is 0 Å². The van der Waals surface area contributed by atoms with Gasteiger partial charge in [-0.3, -0.25) is 14.4 Å². The smallest absolute Gasteiger partial charge is 0.325 e. The molecule has 0 radical (unpaired) electrons. The maximum atomic E-state index is 12.1. The van der Waals surface area contributed by atoms with Crippen LogP contribution in [-0.2, 0) is 14.3 Å². The molecule has 0 saturated carbocycles. The quantitative estimate of drug-likeness (QED) is 0.715. The molecule has 6 nitrogen and oxygen atoms in total. The van der Waals surface area contributed by atoms with Crippen molar-refractivity contribution in [2.75, 3.05) is 13.2 Å². The van der Waals surface area contributed by atoms with Gasteiger partial charge in [-0.2, -0.15) is 0 Å². The van der Waals surface area contributed by atoms with Crippen LogP contribution in [0.2, 0.25) is 0 Å². The zero-order chi connectivity index (χ0) is 18.3. The molecule has 2 amide bonds. The van der Waals surface area contributed by atoms with Crippen molar-refractivity contribution < 1.29 is 19.1 Å². The van der Waals surface area contributed by atoms with Crippen molar-refractivity contribution >= 4 is 33.7 Å². The topological polar surface area (TPSA) is 75.7 Å². The van der Waals surface area contributed by atoms with Crippen LogP contribution < -0.4 is 5.32 Å². The third kappa shape index (κ3) is 5.96. The molecule has 0 heterocycles. The average molecular weight is 399 g/mol. The molecule has 132 valence electrons. The summed E-state index contributed by atoms with van der Waals surface area (Å²) in [5, 5.41) is 2.47. The number of hydrogen-bond acceptors (Lipinski definition) is 4. The zero-order valence-corrected chi connectivity index (χ0v) is 15.9. The molecule has 24 heavy (non-hydrogen) atoms. The van der Waals surface area contributed by atoms with Gasteiger partial charge in [0.05, 0.1) is 5.56 Å². The van der Waals surface area contributed by atoms with Crippen LogP contribution in [0.3, 0.4) is 0 Å². The van der Waals surface area contributed by atoms with E-state index in [1.807, 2.05) is 27.7 Å². The van der Waals surface area contributed by atoms with Crippen LogP contribution in [0.5, 0.6) is 0 Å². The second-order valence-corrected chi connectivity index (χ2v) is 6.67. The number of hydrogen-bond donors (Lipinski definition) is 1. The number of esters is 1. The predicted octanol–water partition coefficient (Wildman–Crippen LogP) is 2.37. The van der Waals surface area contributed by atoms with E-state index in [1.54, 1.807) is 29.2 Å². The summed E-state index contributed by atoms with van der Waals surface area (Å²) < 4.78 is 5.58. The molecule has 1 N–H and O–H groups in total. The summed E-state index contributed by atoms with van der Waals surface area (Å²) in [7, 11) is 0. The lowest BCUT2D eigenvalue weighted by Gasteiger charge is -2.30. The molecule has 0 aliphatic carbocycles. The lowest BCUT2D eigenvalue weighted by Crippen LogP contribution is -2.44. The molecule has 0 unspecified atom stereocenters. The van der Waals surface area contributed by atoms with E-state index in [-0.39, 0.29) is 31.1 Å². The van der Waals surface area contributed by atoms with Crippen molar-refractivity contribution in [2.24, 2.45) is 0 Å². The van der Waals surface area contributed by atoms with E-state index >= 15 is 0 Å². The minimum atomic E-state index is -0.656. The Morgan fingerprint density at radius 3 is 2.25 bits per heavy atom. The molecular formula is C17H23BrN2O4. The molecule has 0 atom stereocenters. The maximum Gasteiger partial charge on any atom is 0.325 e. The van der Waals surface area contributed by atoms with Crippen LogP contribution in [0.1, 0.15) is 38.1 Å². The van der Waals surface area contributed by atoms with E-state index in [4.69, 9.17) is 4.74 Å². The fraction of sp³-hybridized carbons (Fsp3) is 0.471. The van der Waals surface area contributed by atoms with Gasteiger partial charge in [0.15, 0.2) is 6.61 Å². The Labute approximate surface area is 150 Å². The number of benzene rings is 1. The van der Waals surface area contributed by atoms with Gasteiger partial charge in [0.25, 0.3) is 11.8 Å². The molecule has 0 spiro atoms. The minimum Gasteiger partial charge on any atom is -0.454 e. The van der Waals surface area contributed by atoms with Gasteiger partial charge in [0.2, 0.25) is 0 Å². The molecule has 0 aromatic heterocycles. The van der Waals surface area contributed by atoms with Gasteiger partial charge in [-0.25, -0.2) is 0 Å². The molecule has 0 aliphatic heterocycles. The summed E-state index contributed by atoms with van der Waals surface area (Å²) in [5.41, 5.74) is 0.423. The zero-order valence-electron chi connectivity index (χ0n) is 14.3. The highest BCUT2D eigenvalue weighted by atomic mass is 79.9. The summed E-state index contributed by atoms with van der Waals surface area (Å²) in [6.07, 6.45) is 0. The van der Waals surface area contributed by atoms with Gasteiger partial charge < -0.3 is 15.0 Å². The SMILES string of the molecule is CC(C)N(C(=O)COC(=O)CNC(=O)c1ccccc1Br)C(C)C. The molecule has 0 fully saturated rings. The number of ether oxygens (including phenoxy) is 1. The Hall–Kier alpha value is -1.89. The number of amides is 2. The van der Waals surface area contributed by atoms with Gasteiger partial charge in [0.1, 0.15) is 6.54 Å². The largest absolute Gasteiger partial charge is 0.454 e. The summed E-state index contributed by atoms with van der Waals surface area (Å²) in [4.78, 5) is 37.4. The second-order valence-electron chi connectivity index (χ2n) is 5.81. The van der Waals surface area contributed by atoms with E-state index in [1.165, 1.54) is 0 Å². The van der Waals surface area contributed by atoms with E-state index in [0.29, 0.717) is 10.0 Å². The number of halogens is 1. The van der Waals surface area contributed by atoms with E-state index < -0.39 is 11.9 Å². The number of rotatable bonds is 7. The third-order valence-corrected chi connectivity index (χ3v) is 3.96. The van der Waals surface area contributed by atoms with Crippen LogP contribution in [0.25, 0.3) is 0 Å². The third-order valence-electron chi connectivity index (χ3n) is 3.27. The first kappa shape index (κ1) is 20.2. The summed E-state index contributed by atoms with van der Waals surface area (Å²) in [5.74, 6) is -1.31. The minimum absolute atomic E-state index is 0.0198. The standard InChI is InChI=1S/C17H23BrN2O4/c1-11(2)20(12(3)4)15(21)10-24-16(22)9-19-17(23)13-7-5-6-8-14(13)18/h5-8,11-12H,9-10H2,1-4H3,(H,19,23). The van der Waals surface area contributed by atoms with Crippen molar-refractivity contribution in [1.82, 2.24) is 10.2 Å². The summed E-state index contributed by atoms with van der Waals surface area (Å²) in [6.45, 7) is 6.97. The fourth-order valence-corrected chi connectivity index (χ4v) is 2.80. The highest BCUT2D eigenvalue weighted by Gasteiger charge is 2.21. The molecule has 7 heteroatoms. The lowest BCUT2D eigenvalue weighted by molar-refractivity contribution is -0.152. The number of nitrogens with zero attached hydrogens (tertiary/aromatic N) is 1. The van der Waals surface area contributed by atoms with Crippen LogP contribution in [0.15, 0.2) is 28.7 Å². The van der Waals surface area contributed by atoms with Gasteiger partial charge in [-0.15, -0.1) is 0 Å². The lowest BCUT2D eigenvalue weighted by atomic mass is 10.2. The van der Waals surface area contributed by atoms with Crippen molar-refractivity contribution in [1.29, 1.82) is 0 Å². The molecular weight excluding hydrogens is 376 g/mol. The van der Waals surface area contributed by atoms with Crippen molar-refractivity contribution in [3.8, 4) is 0 Å². The number of carbonyl (C=O) groups is 3. The Balaban J connectivity index is 2.46. The Morgan fingerprint density at radius 1 is 1.12 bits per heavy atom. The van der Waals surface area contributed by atoms with Crippen LogP contribution >= 0.6 is 15.9 Å². The van der Waals surface area contributed by atoms with Gasteiger partial charge in [-0.05, 0) is 55.8 Å². The van der Waals surface area contributed by atoms with Crippen molar-refractivity contribution in [3.63, 3.8) is 0 Å². The number of nitrogens with one attached hydrogen (secondary N) is 1. The second kappa shape index (κ2) is 9.42. The van der Waals surface area contributed by atoms with Gasteiger partial charge >= 0.3 is 5.97 Å². The Morgan fingerprint density at radius 2 is 1.71 bits per heavy atom. The average Bonchev–Trinajstić information content (AvgIpc) is 2.50. The summed E-state index contributed by atoms with van der Waals surface area (Å²) in [6, 6.07) is 6.92. The fourth-order valence-electron chi connectivity index (χ4n) is 2.33. The number of carbonyl (C=O) groups excluding carboxylic acids is 3. The normalized spacial score (nSPS) is 10.6. The molecule has 0 bridgehead atoms. The maximum absolute atomic E-state index is 12.1. The molecule has 0 saturated heterocycles. The summed E-state index contributed by atoms with van der Waals surface area (Å²) >= 11 is 3.27. The van der Waals surface area contributed by atoms with Gasteiger partial charge in [-0.1, -0.05) is 12.1 Å². The monoisotopic (exact) mass is 398 g/mol. The van der Waals surface area contributed by atoms with Crippen molar-refractivity contribution in [2.45, 2.75) is 39.8 Å². The Kier molecular flexibility index (Phi) is 7.91. The van der Waals surface area contributed by atoms with E-state index in [9.17, 15) is 14.4 Å². The highest BCUT2D eigenvalue weighted by molar-refractivity contribution is 9.10. The van der Waals surface area contributed by atoms with Crippen molar-refractivity contribution in [3.05, 3.63) is 34.3 Å². The first-order valence-corrected chi connectivity index (χ1v) is 8.52. The molecule has 1 aromatic carbocycles. The van der Waals surface area contributed by atoms with Crippen LogP contribution in [0.4, 0.5) is 0 Å². The van der Waals surface area contributed by atoms with Crippen LogP contribution in [0, 0.1) is 0 Å².